The summed E-state index contributed by atoms with van der Waals surface area (Å²) < 4.78 is 0. The Bertz CT molecular complexity index is 259. The first kappa shape index (κ1) is 12.9. The van der Waals surface area contributed by atoms with E-state index in [-0.39, 0.29) is 0 Å². The molecule has 2 heterocycles. The van der Waals surface area contributed by atoms with E-state index in [1.165, 1.54) is 25.7 Å². The average Bonchev–Trinajstić information content (AvgIpc) is 2.87. The molecule has 2 saturated heterocycles. The minimum absolute atomic E-state index is 0.371. The van der Waals surface area contributed by atoms with Crippen LogP contribution in [-0.4, -0.2) is 36.5 Å². The lowest BCUT2D eigenvalue weighted by Crippen LogP contribution is -2.34. The van der Waals surface area contributed by atoms with Crippen LogP contribution in [-0.2, 0) is 4.79 Å². The Morgan fingerprint density at radius 2 is 2.24 bits per heavy atom. The molecule has 2 atom stereocenters. The van der Waals surface area contributed by atoms with Gasteiger partial charge in [0.15, 0.2) is 0 Å². The summed E-state index contributed by atoms with van der Waals surface area (Å²) in [6.07, 6.45) is 5.60. The lowest BCUT2D eigenvalue weighted by molar-refractivity contribution is -0.130. The number of carbonyl (C=O) groups is 1. The number of likely N-dealkylation sites (tertiary alicyclic amines) is 1. The number of hydrogen-bond acceptors (Lipinski definition) is 2. The highest BCUT2D eigenvalue weighted by Gasteiger charge is 2.28. The molecule has 0 bridgehead atoms. The summed E-state index contributed by atoms with van der Waals surface area (Å²) in [5.41, 5.74) is 0. The SMILES string of the molecule is CC(C)CC1CCN(C(=O)CC2CCCN2)C1. The van der Waals surface area contributed by atoms with Crippen molar-refractivity contribution < 1.29 is 4.79 Å². The molecule has 3 nitrogen and oxygen atoms in total. The van der Waals surface area contributed by atoms with E-state index in [0.717, 1.165) is 31.5 Å². The quantitative estimate of drug-likeness (QED) is 0.812. The summed E-state index contributed by atoms with van der Waals surface area (Å²) in [5.74, 6) is 1.87. The van der Waals surface area contributed by atoms with Crippen LogP contribution in [0.4, 0.5) is 0 Å². The van der Waals surface area contributed by atoms with Gasteiger partial charge in [0.25, 0.3) is 0 Å². The molecule has 3 heteroatoms. The fourth-order valence-electron chi connectivity index (χ4n) is 3.19. The van der Waals surface area contributed by atoms with Crippen LogP contribution in [0.3, 0.4) is 0 Å². The van der Waals surface area contributed by atoms with Crippen molar-refractivity contribution in [1.82, 2.24) is 10.2 Å². The molecule has 0 aromatic heterocycles. The number of nitrogens with one attached hydrogen (secondary N) is 1. The normalized spacial score (nSPS) is 29.2. The van der Waals surface area contributed by atoms with Crippen molar-refractivity contribution in [2.45, 2.75) is 52.0 Å². The van der Waals surface area contributed by atoms with Gasteiger partial charge in [0, 0.05) is 25.6 Å². The molecular weight excluding hydrogens is 212 g/mol. The van der Waals surface area contributed by atoms with Crippen LogP contribution in [0.15, 0.2) is 0 Å². The second kappa shape index (κ2) is 5.85. The van der Waals surface area contributed by atoms with E-state index in [0.29, 0.717) is 18.4 Å². The Balaban J connectivity index is 1.73. The molecular formula is C14H26N2O. The van der Waals surface area contributed by atoms with Gasteiger partial charge in [-0.1, -0.05) is 13.8 Å². The van der Waals surface area contributed by atoms with Gasteiger partial charge in [-0.15, -0.1) is 0 Å². The van der Waals surface area contributed by atoms with Crippen molar-refractivity contribution in [3.63, 3.8) is 0 Å². The first-order chi connectivity index (χ1) is 8.15. The molecule has 0 radical (unpaired) electrons. The zero-order valence-electron chi connectivity index (χ0n) is 11.2. The topological polar surface area (TPSA) is 32.3 Å². The van der Waals surface area contributed by atoms with Gasteiger partial charge in [-0.25, -0.2) is 0 Å². The van der Waals surface area contributed by atoms with Crippen LogP contribution in [0.25, 0.3) is 0 Å². The van der Waals surface area contributed by atoms with E-state index in [4.69, 9.17) is 0 Å². The van der Waals surface area contributed by atoms with Crippen LogP contribution in [0.1, 0.15) is 46.0 Å². The minimum Gasteiger partial charge on any atom is -0.342 e. The summed E-state index contributed by atoms with van der Waals surface area (Å²) in [6.45, 7) is 7.63. The number of hydrogen-bond donors (Lipinski definition) is 1. The van der Waals surface area contributed by atoms with Crippen molar-refractivity contribution in [3.05, 3.63) is 0 Å². The lowest BCUT2D eigenvalue weighted by Gasteiger charge is -2.19. The van der Waals surface area contributed by atoms with E-state index < -0.39 is 0 Å². The van der Waals surface area contributed by atoms with Gasteiger partial charge in [-0.3, -0.25) is 4.79 Å². The zero-order chi connectivity index (χ0) is 12.3. The third-order valence-corrected chi connectivity index (χ3v) is 4.03. The predicted octanol–water partition coefficient (Wildman–Crippen LogP) is 2.02. The summed E-state index contributed by atoms with van der Waals surface area (Å²) >= 11 is 0. The van der Waals surface area contributed by atoms with Crippen molar-refractivity contribution in [2.24, 2.45) is 11.8 Å². The first-order valence-electron chi connectivity index (χ1n) is 7.16. The number of carbonyl (C=O) groups excluding carboxylic acids is 1. The van der Waals surface area contributed by atoms with Gasteiger partial charge in [-0.2, -0.15) is 0 Å². The molecule has 0 saturated carbocycles. The third-order valence-electron chi connectivity index (χ3n) is 4.03. The molecule has 1 amide bonds. The Kier molecular flexibility index (Phi) is 4.43. The predicted molar refractivity (Wildman–Crippen MR) is 69.8 cm³/mol. The number of nitrogens with zero attached hydrogens (tertiary/aromatic N) is 1. The summed E-state index contributed by atoms with van der Waals surface area (Å²) in [7, 11) is 0. The molecule has 98 valence electrons. The van der Waals surface area contributed by atoms with Gasteiger partial charge in [0.05, 0.1) is 0 Å². The Morgan fingerprint density at radius 3 is 2.88 bits per heavy atom. The van der Waals surface area contributed by atoms with Crippen LogP contribution in [0, 0.1) is 11.8 Å². The Hall–Kier alpha value is -0.570. The first-order valence-corrected chi connectivity index (χ1v) is 7.16. The molecule has 2 unspecified atom stereocenters. The fraction of sp³-hybridized carbons (Fsp3) is 0.929. The largest absolute Gasteiger partial charge is 0.342 e. The molecule has 17 heavy (non-hydrogen) atoms. The van der Waals surface area contributed by atoms with Crippen molar-refractivity contribution in [1.29, 1.82) is 0 Å². The van der Waals surface area contributed by atoms with Crippen LogP contribution in [0.2, 0.25) is 0 Å². The van der Waals surface area contributed by atoms with Gasteiger partial charge < -0.3 is 10.2 Å². The number of amides is 1. The molecule has 0 spiro atoms. The highest BCUT2D eigenvalue weighted by molar-refractivity contribution is 5.77. The second-order valence-electron chi connectivity index (χ2n) is 6.12. The number of rotatable bonds is 4. The van der Waals surface area contributed by atoms with E-state index in [9.17, 15) is 4.79 Å². The van der Waals surface area contributed by atoms with Gasteiger partial charge >= 0.3 is 0 Å². The standard InChI is InChI=1S/C14H26N2O/c1-11(2)8-12-5-7-16(10-12)14(17)9-13-4-3-6-15-13/h11-13,15H,3-10H2,1-2H3. The summed E-state index contributed by atoms with van der Waals surface area (Å²) in [4.78, 5) is 14.2. The van der Waals surface area contributed by atoms with E-state index in [1.54, 1.807) is 0 Å². The molecule has 2 aliphatic heterocycles. The maximum atomic E-state index is 12.1. The minimum atomic E-state index is 0.371. The molecule has 2 rings (SSSR count). The van der Waals surface area contributed by atoms with E-state index in [2.05, 4.69) is 24.1 Å². The lowest BCUT2D eigenvalue weighted by atomic mass is 9.97. The second-order valence-corrected chi connectivity index (χ2v) is 6.12. The zero-order valence-corrected chi connectivity index (χ0v) is 11.2. The third kappa shape index (κ3) is 3.70. The van der Waals surface area contributed by atoms with Crippen LogP contribution < -0.4 is 5.32 Å². The van der Waals surface area contributed by atoms with Crippen LogP contribution >= 0.6 is 0 Å². The van der Waals surface area contributed by atoms with Crippen molar-refractivity contribution >= 4 is 5.91 Å². The summed E-state index contributed by atoms with van der Waals surface area (Å²) in [6, 6.07) is 0.451. The van der Waals surface area contributed by atoms with E-state index >= 15 is 0 Å². The van der Waals surface area contributed by atoms with E-state index in [1.807, 2.05) is 0 Å². The molecule has 0 aromatic rings. The van der Waals surface area contributed by atoms with Gasteiger partial charge in [-0.05, 0) is 44.1 Å². The molecule has 0 aliphatic carbocycles. The highest BCUT2D eigenvalue weighted by Crippen LogP contribution is 2.24. The molecule has 1 N–H and O–H groups in total. The van der Waals surface area contributed by atoms with Crippen LogP contribution in [0.5, 0.6) is 0 Å². The molecule has 2 aliphatic rings. The van der Waals surface area contributed by atoms with Gasteiger partial charge in [0.2, 0.25) is 5.91 Å². The average molecular weight is 238 g/mol. The molecule has 0 aromatic carbocycles. The Morgan fingerprint density at radius 1 is 1.41 bits per heavy atom. The maximum Gasteiger partial charge on any atom is 0.224 e. The fourth-order valence-corrected chi connectivity index (χ4v) is 3.19. The highest BCUT2D eigenvalue weighted by atomic mass is 16.2. The van der Waals surface area contributed by atoms with Crippen molar-refractivity contribution in [2.75, 3.05) is 19.6 Å². The van der Waals surface area contributed by atoms with Gasteiger partial charge in [0.1, 0.15) is 0 Å². The molecule has 2 fully saturated rings. The van der Waals surface area contributed by atoms with Crippen molar-refractivity contribution in [3.8, 4) is 0 Å². The maximum absolute atomic E-state index is 12.1. The monoisotopic (exact) mass is 238 g/mol. The summed E-state index contributed by atoms with van der Waals surface area (Å²) in [5, 5.41) is 3.41. The smallest absolute Gasteiger partial charge is 0.224 e. The Labute approximate surface area is 105 Å².